The van der Waals surface area contributed by atoms with Gasteiger partial charge in [0.25, 0.3) is 0 Å². The van der Waals surface area contributed by atoms with Crippen molar-refractivity contribution in [3.8, 4) is 0 Å². The Morgan fingerprint density at radius 3 is 3.24 bits per heavy atom. The van der Waals surface area contributed by atoms with Gasteiger partial charge >= 0.3 is 0 Å². The fourth-order valence-electron chi connectivity index (χ4n) is 2.88. The number of thioether (sulfide) groups is 1. The van der Waals surface area contributed by atoms with Crippen molar-refractivity contribution in [2.24, 2.45) is 10.9 Å². The van der Waals surface area contributed by atoms with Crippen molar-refractivity contribution in [1.82, 2.24) is 5.32 Å². The van der Waals surface area contributed by atoms with Crippen molar-refractivity contribution in [3.05, 3.63) is 0 Å². The van der Waals surface area contributed by atoms with Gasteiger partial charge in [0.15, 0.2) is 5.17 Å². The largest absolute Gasteiger partial charge is 0.385 e. The summed E-state index contributed by atoms with van der Waals surface area (Å²) in [5.74, 6) is 2.07. The number of nitrogens with zero attached hydrogens (tertiary/aromatic N) is 1. The molecule has 1 heterocycles. The van der Waals surface area contributed by atoms with E-state index in [1.165, 1.54) is 31.4 Å². The van der Waals surface area contributed by atoms with Crippen LogP contribution in [0, 0.1) is 5.92 Å². The normalized spacial score (nSPS) is 35.4. The SMILES string of the molecule is COCCCN=C1NC2(CCCC(C)C2)CS1. The molecule has 17 heavy (non-hydrogen) atoms. The third-order valence-electron chi connectivity index (χ3n) is 3.71. The van der Waals surface area contributed by atoms with E-state index in [0.717, 1.165) is 30.7 Å². The quantitative estimate of drug-likeness (QED) is 0.785. The van der Waals surface area contributed by atoms with Gasteiger partial charge in [-0.05, 0) is 25.2 Å². The highest BCUT2D eigenvalue weighted by Gasteiger charge is 2.40. The number of aliphatic imine (C=N–C) groups is 1. The van der Waals surface area contributed by atoms with Crippen LogP contribution in [-0.2, 0) is 4.74 Å². The van der Waals surface area contributed by atoms with E-state index in [9.17, 15) is 0 Å². The van der Waals surface area contributed by atoms with E-state index in [4.69, 9.17) is 4.74 Å². The van der Waals surface area contributed by atoms with Gasteiger partial charge in [-0.3, -0.25) is 4.99 Å². The lowest BCUT2D eigenvalue weighted by Gasteiger charge is -2.36. The summed E-state index contributed by atoms with van der Waals surface area (Å²) in [4.78, 5) is 4.62. The Labute approximate surface area is 109 Å². The highest BCUT2D eigenvalue weighted by atomic mass is 32.2. The summed E-state index contributed by atoms with van der Waals surface area (Å²) in [5.41, 5.74) is 0.364. The van der Waals surface area contributed by atoms with E-state index in [1.54, 1.807) is 7.11 Å². The van der Waals surface area contributed by atoms with Crippen molar-refractivity contribution in [1.29, 1.82) is 0 Å². The summed E-state index contributed by atoms with van der Waals surface area (Å²) < 4.78 is 5.03. The van der Waals surface area contributed by atoms with E-state index >= 15 is 0 Å². The van der Waals surface area contributed by atoms with Crippen LogP contribution in [0.4, 0.5) is 0 Å². The average molecular weight is 256 g/mol. The molecule has 0 amide bonds. The smallest absolute Gasteiger partial charge is 0.157 e. The molecule has 1 saturated heterocycles. The molecule has 2 rings (SSSR count). The van der Waals surface area contributed by atoms with Gasteiger partial charge in [0, 0.05) is 31.6 Å². The Bertz CT molecular complexity index is 283. The maximum atomic E-state index is 5.03. The second-order valence-electron chi connectivity index (χ2n) is 5.43. The van der Waals surface area contributed by atoms with E-state index in [0.29, 0.717) is 5.54 Å². The fraction of sp³-hybridized carbons (Fsp3) is 0.923. The summed E-state index contributed by atoms with van der Waals surface area (Å²) in [6.07, 6.45) is 6.42. The van der Waals surface area contributed by atoms with Crippen LogP contribution in [0.5, 0.6) is 0 Å². The lowest BCUT2D eigenvalue weighted by molar-refractivity contribution is 0.197. The van der Waals surface area contributed by atoms with Crippen LogP contribution < -0.4 is 5.32 Å². The lowest BCUT2D eigenvalue weighted by atomic mass is 9.78. The van der Waals surface area contributed by atoms with Crippen LogP contribution in [0.3, 0.4) is 0 Å². The van der Waals surface area contributed by atoms with Crippen LogP contribution >= 0.6 is 11.8 Å². The summed E-state index contributed by atoms with van der Waals surface area (Å²) >= 11 is 1.91. The number of methoxy groups -OCH3 is 1. The minimum Gasteiger partial charge on any atom is -0.385 e. The first kappa shape index (κ1) is 13.2. The van der Waals surface area contributed by atoms with Gasteiger partial charge in [-0.1, -0.05) is 31.5 Å². The van der Waals surface area contributed by atoms with Gasteiger partial charge in [0.2, 0.25) is 0 Å². The Balaban J connectivity index is 1.81. The third-order valence-corrected chi connectivity index (χ3v) is 4.91. The van der Waals surface area contributed by atoms with Gasteiger partial charge in [0.05, 0.1) is 0 Å². The van der Waals surface area contributed by atoms with E-state index in [-0.39, 0.29) is 0 Å². The van der Waals surface area contributed by atoms with Crippen molar-refractivity contribution in [2.75, 3.05) is 26.0 Å². The predicted molar refractivity (Wildman–Crippen MR) is 74.8 cm³/mol. The molecule has 0 radical (unpaired) electrons. The van der Waals surface area contributed by atoms with Crippen LogP contribution in [0.15, 0.2) is 4.99 Å². The second-order valence-corrected chi connectivity index (χ2v) is 6.39. The molecule has 1 saturated carbocycles. The number of hydrogen-bond acceptors (Lipinski definition) is 3. The number of rotatable bonds is 4. The highest BCUT2D eigenvalue weighted by molar-refractivity contribution is 8.14. The van der Waals surface area contributed by atoms with Crippen LogP contribution in [0.1, 0.15) is 39.0 Å². The van der Waals surface area contributed by atoms with Crippen molar-refractivity contribution >= 4 is 16.9 Å². The molecule has 98 valence electrons. The fourth-order valence-corrected chi connectivity index (χ4v) is 4.10. The topological polar surface area (TPSA) is 33.6 Å². The van der Waals surface area contributed by atoms with Gasteiger partial charge in [-0.25, -0.2) is 0 Å². The van der Waals surface area contributed by atoms with Crippen LogP contribution in [-0.4, -0.2) is 36.7 Å². The number of ether oxygens (including phenoxy) is 1. The Hall–Kier alpha value is -0.220. The number of nitrogens with one attached hydrogen (secondary N) is 1. The molecule has 1 aliphatic heterocycles. The molecule has 0 bridgehead atoms. The Morgan fingerprint density at radius 1 is 1.59 bits per heavy atom. The van der Waals surface area contributed by atoms with Crippen LogP contribution in [0.25, 0.3) is 0 Å². The van der Waals surface area contributed by atoms with Crippen molar-refractivity contribution in [2.45, 2.75) is 44.6 Å². The Kier molecular flexibility index (Phi) is 4.74. The molecular weight excluding hydrogens is 232 g/mol. The summed E-state index contributed by atoms with van der Waals surface area (Å²) in [7, 11) is 1.74. The van der Waals surface area contributed by atoms with Crippen molar-refractivity contribution in [3.63, 3.8) is 0 Å². The molecule has 2 fully saturated rings. The first-order valence-corrected chi connectivity index (χ1v) is 7.67. The maximum absolute atomic E-state index is 5.03. The summed E-state index contributed by atoms with van der Waals surface area (Å²) in [5, 5.41) is 4.85. The van der Waals surface area contributed by atoms with E-state index in [1.807, 2.05) is 11.8 Å². The molecule has 0 aromatic heterocycles. The first-order valence-electron chi connectivity index (χ1n) is 6.68. The molecule has 1 N–H and O–H groups in total. The lowest BCUT2D eigenvalue weighted by Crippen LogP contribution is -2.47. The van der Waals surface area contributed by atoms with Gasteiger partial charge in [0.1, 0.15) is 0 Å². The zero-order valence-corrected chi connectivity index (χ0v) is 11.8. The first-order chi connectivity index (χ1) is 8.24. The highest BCUT2D eigenvalue weighted by Crippen LogP contribution is 2.38. The minimum absolute atomic E-state index is 0.364. The van der Waals surface area contributed by atoms with Gasteiger partial charge in [-0.2, -0.15) is 0 Å². The average Bonchev–Trinajstić information content (AvgIpc) is 2.67. The zero-order chi connectivity index (χ0) is 12.1. The van der Waals surface area contributed by atoms with E-state index in [2.05, 4.69) is 17.2 Å². The molecular formula is C13H24N2OS. The molecule has 2 unspecified atom stereocenters. The predicted octanol–water partition coefficient (Wildman–Crippen LogP) is 2.66. The maximum Gasteiger partial charge on any atom is 0.157 e. The summed E-state index contributed by atoms with van der Waals surface area (Å²) in [6.45, 7) is 4.07. The van der Waals surface area contributed by atoms with Crippen LogP contribution in [0.2, 0.25) is 0 Å². The molecule has 2 aliphatic rings. The van der Waals surface area contributed by atoms with Crippen molar-refractivity contribution < 1.29 is 4.74 Å². The molecule has 2 atom stereocenters. The zero-order valence-electron chi connectivity index (χ0n) is 11.0. The monoisotopic (exact) mass is 256 g/mol. The van der Waals surface area contributed by atoms with Gasteiger partial charge < -0.3 is 10.1 Å². The molecule has 4 heteroatoms. The standard InChI is InChI=1S/C13H24N2OS/c1-11-5-3-6-13(9-11)10-17-12(15-13)14-7-4-8-16-2/h11H,3-10H2,1-2H3,(H,14,15). The van der Waals surface area contributed by atoms with E-state index < -0.39 is 0 Å². The molecule has 3 nitrogen and oxygen atoms in total. The minimum atomic E-state index is 0.364. The summed E-state index contributed by atoms with van der Waals surface area (Å²) in [6, 6.07) is 0. The Morgan fingerprint density at radius 2 is 2.47 bits per heavy atom. The molecule has 1 aliphatic carbocycles. The number of hydrogen-bond donors (Lipinski definition) is 1. The van der Waals surface area contributed by atoms with Gasteiger partial charge in [-0.15, -0.1) is 0 Å². The third kappa shape index (κ3) is 3.62. The molecule has 0 aromatic carbocycles. The molecule has 1 spiro atoms. The molecule has 0 aromatic rings. The number of amidine groups is 1. The second kappa shape index (κ2) is 6.10.